The van der Waals surface area contributed by atoms with E-state index in [0.717, 1.165) is 32.2 Å². The molecule has 17 heavy (non-hydrogen) atoms. The molecule has 0 radical (unpaired) electrons. The fourth-order valence-electron chi connectivity index (χ4n) is 2.15. The second kappa shape index (κ2) is 8.51. The monoisotopic (exact) mass is 243 g/mol. The van der Waals surface area contributed by atoms with Gasteiger partial charge in [-0.2, -0.15) is 0 Å². The minimum atomic E-state index is -0.112. The zero-order chi connectivity index (χ0) is 13.3. The lowest BCUT2D eigenvalue weighted by molar-refractivity contribution is -0.142. The van der Waals surface area contributed by atoms with Crippen molar-refractivity contribution in [1.82, 2.24) is 5.32 Å². The van der Waals surface area contributed by atoms with E-state index in [1.807, 2.05) is 0 Å². The molecule has 0 aromatic rings. The SMILES string of the molecule is CCCNC(CC)(CC(=O)OC)CC(C)CC. The Morgan fingerprint density at radius 2 is 2.00 bits per heavy atom. The third kappa shape index (κ3) is 6.06. The number of nitrogens with one attached hydrogen (secondary N) is 1. The molecule has 2 unspecified atom stereocenters. The molecular formula is C14H29NO2. The maximum atomic E-state index is 11.6. The van der Waals surface area contributed by atoms with Gasteiger partial charge in [0.15, 0.2) is 0 Å². The van der Waals surface area contributed by atoms with Crippen LogP contribution >= 0.6 is 0 Å². The van der Waals surface area contributed by atoms with Crippen molar-refractivity contribution < 1.29 is 9.53 Å². The van der Waals surface area contributed by atoms with E-state index >= 15 is 0 Å². The van der Waals surface area contributed by atoms with Gasteiger partial charge in [-0.15, -0.1) is 0 Å². The molecule has 0 aliphatic rings. The first-order chi connectivity index (χ1) is 8.03. The summed E-state index contributed by atoms with van der Waals surface area (Å²) in [5, 5.41) is 3.56. The molecule has 0 amide bonds. The second-order valence-corrected chi connectivity index (χ2v) is 5.03. The van der Waals surface area contributed by atoms with E-state index < -0.39 is 0 Å². The van der Waals surface area contributed by atoms with Crippen molar-refractivity contribution in [2.24, 2.45) is 5.92 Å². The first-order valence-corrected chi connectivity index (χ1v) is 6.85. The highest BCUT2D eigenvalue weighted by atomic mass is 16.5. The van der Waals surface area contributed by atoms with Crippen LogP contribution in [0.1, 0.15) is 59.8 Å². The molecule has 0 saturated heterocycles. The third-order valence-corrected chi connectivity index (χ3v) is 3.57. The molecule has 0 aliphatic carbocycles. The van der Waals surface area contributed by atoms with Gasteiger partial charge in [-0.25, -0.2) is 0 Å². The predicted octanol–water partition coefficient (Wildman–Crippen LogP) is 3.13. The number of hydrogen-bond donors (Lipinski definition) is 1. The van der Waals surface area contributed by atoms with E-state index in [0.29, 0.717) is 12.3 Å². The Labute approximate surface area is 106 Å². The van der Waals surface area contributed by atoms with Crippen molar-refractivity contribution in [3.8, 4) is 0 Å². The molecule has 0 spiro atoms. The highest BCUT2D eigenvalue weighted by Gasteiger charge is 2.31. The van der Waals surface area contributed by atoms with E-state index in [2.05, 4.69) is 33.0 Å². The maximum Gasteiger partial charge on any atom is 0.307 e. The smallest absolute Gasteiger partial charge is 0.307 e. The van der Waals surface area contributed by atoms with Crippen molar-refractivity contribution in [2.75, 3.05) is 13.7 Å². The quantitative estimate of drug-likeness (QED) is 0.632. The van der Waals surface area contributed by atoms with Gasteiger partial charge in [0, 0.05) is 5.54 Å². The lowest BCUT2D eigenvalue weighted by Gasteiger charge is -2.35. The zero-order valence-corrected chi connectivity index (χ0v) is 12.1. The fraction of sp³-hybridized carbons (Fsp3) is 0.929. The van der Waals surface area contributed by atoms with Crippen LogP contribution in [0.2, 0.25) is 0 Å². The number of ether oxygens (including phenoxy) is 1. The van der Waals surface area contributed by atoms with Crippen molar-refractivity contribution in [3.05, 3.63) is 0 Å². The predicted molar refractivity (Wildman–Crippen MR) is 72.0 cm³/mol. The summed E-state index contributed by atoms with van der Waals surface area (Å²) in [6.45, 7) is 9.70. The van der Waals surface area contributed by atoms with Gasteiger partial charge in [0.2, 0.25) is 0 Å². The van der Waals surface area contributed by atoms with E-state index in [-0.39, 0.29) is 11.5 Å². The number of methoxy groups -OCH3 is 1. The van der Waals surface area contributed by atoms with Gasteiger partial charge in [-0.1, -0.05) is 34.1 Å². The molecule has 0 aromatic carbocycles. The zero-order valence-electron chi connectivity index (χ0n) is 12.1. The van der Waals surface area contributed by atoms with Crippen LogP contribution in [-0.4, -0.2) is 25.2 Å². The van der Waals surface area contributed by atoms with Crippen LogP contribution < -0.4 is 5.32 Å². The molecule has 3 nitrogen and oxygen atoms in total. The summed E-state index contributed by atoms with van der Waals surface area (Å²) < 4.78 is 4.82. The minimum absolute atomic E-state index is 0.0848. The summed E-state index contributed by atoms with van der Waals surface area (Å²) in [5.41, 5.74) is -0.0848. The normalized spacial score (nSPS) is 16.3. The summed E-state index contributed by atoms with van der Waals surface area (Å²) in [6, 6.07) is 0. The summed E-state index contributed by atoms with van der Waals surface area (Å²) in [6.07, 6.45) is 4.71. The Balaban J connectivity index is 4.66. The molecule has 0 aromatic heterocycles. The molecule has 3 heteroatoms. The average Bonchev–Trinajstić information content (AvgIpc) is 2.35. The standard InChI is InChI=1S/C14H29NO2/c1-6-9-15-14(8-3,10-12(4)7-2)11-13(16)17-5/h12,15H,6-11H2,1-5H3. The Hall–Kier alpha value is -0.570. The van der Waals surface area contributed by atoms with Crippen LogP contribution in [0.15, 0.2) is 0 Å². The lowest BCUT2D eigenvalue weighted by Crippen LogP contribution is -2.48. The Morgan fingerprint density at radius 3 is 2.41 bits per heavy atom. The van der Waals surface area contributed by atoms with Crippen LogP contribution in [0.5, 0.6) is 0 Å². The van der Waals surface area contributed by atoms with E-state index in [1.54, 1.807) is 0 Å². The molecule has 0 heterocycles. The lowest BCUT2D eigenvalue weighted by atomic mass is 9.82. The largest absolute Gasteiger partial charge is 0.469 e. The van der Waals surface area contributed by atoms with Crippen LogP contribution in [-0.2, 0) is 9.53 Å². The highest BCUT2D eigenvalue weighted by molar-refractivity contribution is 5.70. The van der Waals surface area contributed by atoms with Crippen molar-refractivity contribution >= 4 is 5.97 Å². The van der Waals surface area contributed by atoms with Crippen LogP contribution in [0.3, 0.4) is 0 Å². The first kappa shape index (κ1) is 16.4. The molecule has 0 fully saturated rings. The van der Waals surface area contributed by atoms with Gasteiger partial charge in [0.1, 0.15) is 0 Å². The van der Waals surface area contributed by atoms with Crippen LogP contribution in [0.4, 0.5) is 0 Å². The van der Waals surface area contributed by atoms with Crippen LogP contribution in [0.25, 0.3) is 0 Å². The molecule has 0 rings (SSSR count). The van der Waals surface area contributed by atoms with Gasteiger partial charge in [-0.05, 0) is 31.7 Å². The number of carbonyl (C=O) groups excluding carboxylic acids is 1. The second-order valence-electron chi connectivity index (χ2n) is 5.03. The van der Waals surface area contributed by atoms with Gasteiger partial charge in [-0.3, -0.25) is 4.79 Å². The Kier molecular flexibility index (Phi) is 8.23. The molecule has 0 saturated carbocycles. The van der Waals surface area contributed by atoms with E-state index in [9.17, 15) is 4.79 Å². The number of hydrogen-bond acceptors (Lipinski definition) is 3. The molecule has 0 aliphatic heterocycles. The van der Waals surface area contributed by atoms with Crippen molar-refractivity contribution in [1.29, 1.82) is 0 Å². The molecule has 2 atom stereocenters. The summed E-state index contributed by atoms with van der Waals surface area (Å²) >= 11 is 0. The van der Waals surface area contributed by atoms with Crippen molar-refractivity contribution in [2.45, 2.75) is 65.3 Å². The summed E-state index contributed by atoms with van der Waals surface area (Å²) in [5.74, 6) is 0.516. The summed E-state index contributed by atoms with van der Waals surface area (Å²) in [7, 11) is 1.46. The number of esters is 1. The van der Waals surface area contributed by atoms with Gasteiger partial charge >= 0.3 is 5.97 Å². The highest BCUT2D eigenvalue weighted by Crippen LogP contribution is 2.26. The molecule has 1 N–H and O–H groups in total. The van der Waals surface area contributed by atoms with Gasteiger partial charge in [0.05, 0.1) is 13.5 Å². The summed E-state index contributed by atoms with van der Waals surface area (Å²) in [4.78, 5) is 11.6. The molecule has 0 bridgehead atoms. The van der Waals surface area contributed by atoms with Crippen molar-refractivity contribution in [3.63, 3.8) is 0 Å². The Morgan fingerprint density at radius 1 is 1.35 bits per heavy atom. The topological polar surface area (TPSA) is 38.3 Å². The van der Waals surface area contributed by atoms with E-state index in [1.165, 1.54) is 7.11 Å². The number of rotatable bonds is 9. The molecule has 102 valence electrons. The third-order valence-electron chi connectivity index (χ3n) is 3.57. The van der Waals surface area contributed by atoms with Crippen LogP contribution in [0, 0.1) is 5.92 Å². The Bertz CT molecular complexity index is 218. The van der Waals surface area contributed by atoms with E-state index in [4.69, 9.17) is 4.74 Å². The van der Waals surface area contributed by atoms with Gasteiger partial charge < -0.3 is 10.1 Å². The minimum Gasteiger partial charge on any atom is -0.469 e. The molecular weight excluding hydrogens is 214 g/mol. The maximum absolute atomic E-state index is 11.6. The van der Waals surface area contributed by atoms with Gasteiger partial charge in [0.25, 0.3) is 0 Å². The average molecular weight is 243 g/mol. The first-order valence-electron chi connectivity index (χ1n) is 6.85. The number of carbonyl (C=O) groups is 1. The fourth-order valence-corrected chi connectivity index (χ4v) is 2.15.